The van der Waals surface area contributed by atoms with Gasteiger partial charge in [0, 0.05) is 30.2 Å². The number of likely N-dealkylation sites (N-methyl/N-ethyl adjacent to an activating group) is 1. The molecule has 3 aromatic rings. The minimum atomic E-state index is 0.558. The van der Waals surface area contributed by atoms with E-state index in [1.165, 1.54) is 0 Å². The van der Waals surface area contributed by atoms with Crippen molar-refractivity contribution < 1.29 is 4.74 Å². The van der Waals surface area contributed by atoms with Crippen molar-refractivity contribution in [1.82, 2.24) is 14.5 Å². The lowest BCUT2D eigenvalue weighted by molar-refractivity contribution is 0.325. The molecule has 0 aliphatic heterocycles. The number of nitrogens with zero attached hydrogens (tertiary/aromatic N) is 4. The maximum absolute atomic E-state index is 6.45. The summed E-state index contributed by atoms with van der Waals surface area (Å²) in [5, 5.41) is 0.702. The van der Waals surface area contributed by atoms with Crippen molar-refractivity contribution in [3.8, 4) is 5.75 Å². The SMILES string of the molecule is Cc1cnc(C)n1Cc1ccc(OCCN(C)c2ccccn2)cc1Cl. The van der Waals surface area contributed by atoms with E-state index in [4.69, 9.17) is 16.3 Å². The van der Waals surface area contributed by atoms with E-state index < -0.39 is 0 Å². The van der Waals surface area contributed by atoms with Crippen LogP contribution in [0.15, 0.2) is 48.8 Å². The fourth-order valence-corrected chi connectivity index (χ4v) is 2.96. The normalized spacial score (nSPS) is 10.8. The van der Waals surface area contributed by atoms with Crippen LogP contribution >= 0.6 is 11.6 Å². The van der Waals surface area contributed by atoms with Crippen molar-refractivity contribution in [2.45, 2.75) is 20.4 Å². The number of benzene rings is 1. The number of hydrogen-bond acceptors (Lipinski definition) is 4. The quantitative estimate of drug-likeness (QED) is 0.627. The smallest absolute Gasteiger partial charge is 0.128 e. The summed E-state index contributed by atoms with van der Waals surface area (Å²) >= 11 is 6.45. The summed E-state index contributed by atoms with van der Waals surface area (Å²) in [5.74, 6) is 2.68. The van der Waals surface area contributed by atoms with Crippen molar-refractivity contribution in [3.63, 3.8) is 0 Å². The third-order valence-electron chi connectivity index (χ3n) is 4.34. The zero-order valence-electron chi connectivity index (χ0n) is 15.3. The second-order valence-electron chi connectivity index (χ2n) is 6.24. The number of pyridine rings is 1. The average Bonchev–Trinajstić information content (AvgIpc) is 2.96. The van der Waals surface area contributed by atoms with Gasteiger partial charge in [-0.05, 0) is 43.7 Å². The van der Waals surface area contributed by atoms with Crippen LogP contribution in [0.3, 0.4) is 0 Å². The fraction of sp³-hybridized carbons (Fsp3) is 0.300. The Morgan fingerprint density at radius 1 is 1.15 bits per heavy atom. The van der Waals surface area contributed by atoms with E-state index >= 15 is 0 Å². The molecule has 0 fully saturated rings. The maximum atomic E-state index is 6.45. The van der Waals surface area contributed by atoms with Crippen molar-refractivity contribution >= 4 is 17.4 Å². The summed E-state index contributed by atoms with van der Waals surface area (Å²) in [4.78, 5) is 10.7. The van der Waals surface area contributed by atoms with Crippen molar-refractivity contribution in [2.75, 3.05) is 25.1 Å². The third-order valence-corrected chi connectivity index (χ3v) is 4.70. The zero-order chi connectivity index (χ0) is 18.5. The van der Waals surface area contributed by atoms with Crippen LogP contribution in [-0.2, 0) is 6.54 Å². The summed E-state index contributed by atoms with van der Waals surface area (Å²) in [6, 6.07) is 11.7. The molecule has 0 amide bonds. The van der Waals surface area contributed by atoms with Gasteiger partial charge in [0.15, 0.2) is 0 Å². The Morgan fingerprint density at radius 3 is 2.65 bits per heavy atom. The second kappa shape index (κ2) is 8.23. The Labute approximate surface area is 159 Å². The van der Waals surface area contributed by atoms with E-state index in [9.17, 15) is 0 Å². The number of hydrogen-bond donors (Lipinski definition) is 0. The first-order valence-corrected chi connectivity index (χ1v) is 8.94. The van der Waals surface area contributed by atoms with E-state index in [2.05, 4.69) is 19.4 Å². The van der Waals surface area contributed by atoms with Gasteiger partial charge in [-0.1, -0.05) is 23.7 Å². The molecule has 0 aliphatic carbocycles. The van der Waals surface area contributed by atoms with Crippen molar-refractivity contribution in [1.29, 1.82) is 0 Å². The summed E-state index contributed by atoms with van der Waals surface area (Å²) in [7, 11) is 2.00. The standard InChI is InChI=1S/C20H23ClN4O/c1-15-13-23-16(2)25(15)14-17-7-8-18(12-19(17)21)26-11-10-24(3)20-6-4-5-9-22-20/h4-9,12-13H,10-11,14H2,1-3H3. The fourth-order valence-electron chi connectivity index (χ4n) is 2.73. The van der Waals surface area contributed by atoms with Crippen LogP contribution in [0, 0.1) is 13.8 Å². The molecule has 2 aromatic heterocycles. The van der Waals surface area contributed by atoms with Crippen LogP contribution in [0.4, 0.5) is 5.82 Å². The van der Waals surface area contributed by atoms with E-state index in [0.29, 0.717) is 18.2 Å². The predicted molar refractivity (Wildman–Crippen MR) is 105 cm³/mol. The first-order chi connectivity index (χ1) is 12.5. The Kier molecular flexibility index (Phi) is 5.78. The molecule has 6 heteroatoms. The molecule has 1 aromatic carbocycles. The van der Waals surface area contributed by atoms with Gasteiger partial charge in [0.1, 0.15) is 24.0 Å². The molecule has 0 unspecified atom stereocenters. The van der Waals surface area contributed by atoms with Gasteiger partial charge in [-0.3, -0.25) is 0 Å². The number of aromatic nitrogens is 3. The third kappa shape index (κ3) is 4.35. The van der Waals surface area contributed by atoms with E-state index in [1.54, 1.807) is 6.20 Å². The van der Waals surface area contributed by atoms with Crippen LogP contribution in [0.1, 0.15) is 17.1 Å². The van der Waals surface area contributed by atoms with E-state index in [-0.39, 0.29) is 0 Å². The number of ether oxygens (including phenoxy) is 1. The summed E-state index contributed by atoms with van der Waals surface area (Å²) in [5.41, 5.74) is 2.17. The van der Waals surface area contributed by atoms with E-state index in [1.807, 2.05) is 63.5 Å². The van der Waals surface area contributed by atoms with Crippen LogP contribution in [0.2, 0.25) is 5.02 Å². The summed E-state index contributed by atoms with van der Waals surface area (Å²) in [6.45, 7) is 6.05. The molecule has 0 N–H and O–H groups in total. The topological polar surface area (TPSA) is 43.2 Å². The number of halogens is 1. The minimum absolute atomic E-state index is 0.558. The van der Waals surface area contributed by atoms with Gasteiger partial charge < -0.3 is 14.2 Å². The van der Waals surface area contributed by atoms with Crippen molar-refractivity contribution in [3.05, 3.63) is 70.9 Å². The highest BCUT2D eigenvalue weighted by Gasteiger charge is 2.08. The molecular formula is C20H23ClN4O. The Hall–Kier alpha value is -2.53. The largest absolute Gasteiger partial charge is 0.492 e. The molecule has 0 radical (unpaired) electrons. The highest BCUT2D eigenvalue weighted by molar-refractivity contribution is 6.31. The monoisotopic (exact) mass is 370 g/mol. The van der Waals surface area contributed by atoms with Crippen LogP contribution in [0.25, 0.3) is 0 Å². The van der Waals surface area contributed by atoms with Gasteiger partial charge in [-0.15, -0.1) is 0 Å². The molecule has 0 bridgehead atoms. The lowest BCUT2D eigenvalue weighted by Crippen LogP contribution is -2.24. The summed E-state index contributed by atoms with van der Waals surface area (Å²) in [6.07, 6.45) is 3.66. The molecule has 3 rings (SSSR count). The number of aryl methyl sites for hydroxylation is 2. The van der Waals surface area contributed by atoms with Crippen LogP contribution in [0.5, 0.6) is 5.75 Å². The minimum Gasteiger partial charge on any atom is -0.492 e. The van der Waals surface area contributed by atoms with Gasteiger partial charge in [0.25, 0.3) is 0 Å². The number of imidazole rings is 1. The van der Waals surface area contributed by atoms with E-state index in [0.717, 1.165) is 35.2 Å². The molecule has 0 saturated carbocycles. The number of anilines is 1. The van der Waals surface area contributed by atoms with Gasteiger partial charge in [0.05, 0.1) is 13.1 Å². The first kappa shape index (κ1) is 18.3. The van der Waals surface area contributed by atoms with Crippen LogP contribution < -0.4 is 9.64 Å². The molecule has 2 heterocycles. The highest BCUT2D eigenvalue weighted by Crippen LogP contribution is 2.24. The Morgan fingerprint density at radius 2 is 2.00 bits per heavy atom. The molecule has 136 valence electrons. The van der Waals surface area contributed by atoms with Gasteiger partial charge in [0.2, 0.25) is 0 Å². The zero-order valence-corrected chi connectivity index (χ0v) is 16.1. The first-order valence-electron chi connectivity index (χ1n) is 8.56. The predicted octanol–water partition coefficient (Wildman–Crippen LogP) is 4.11. The molecule has 0 saturated heterocycles. The number of rotatable bonds is 7. The Balaban J connectivity index is 1.58. The second-order valence-corrected chi connectivity index (χ2v) is 6.65. The lowest BCUT2D eigenvalue weighted by atomic mass is 10.2. The molecule has 0 atom stereocenters. The van der Waals surface area contributed by atoms with Gasteiger partial charge in [-0.2, -0.15) is 0 Å². The molecule has 0 aliphatic rings. The van der Waals surface area contributed by atoms with Crippen LogP contribution in [-0.4, -0.2) is 34.7 Å². The molecule has 5 nitrogen and oxygen atoms in total. The highest BCUT2D eigenvalue weighted by atomic mass is 35.5. The van der Waals surface area contributed by atoms with Crippen molar-refractivity contribution in [2.24, 2.45) is 0 Å². The molecule has 26 heavy (non-hydrogen) atoms. The van der Waals surface area contributed by atoms with Gasteiger partial charge >= 0.3 is 0 Å². The molecule has 0 spiro atoms. The Bertz CT molecular complexity index is 844. The maximum Gasteiger partial charge on any atom is 0.128 e. The summed E-state index contributed by atoms with van der Waals surface area (Å²) < 4.78 is 7.99. The lowest BCUT2D eigenvalue weighted by Gasteiger charge is -2.18. The average molecular weight is 371 g/mol. The van der Waals surface area contributed by atoms with Gasteiger partial charge in [-0.25, -0.2) is 9.97 Å². The molecular weight excluding hydrogens is 348 g/mol.